The first-order valence-electron chi connectivity index (χ1n) is 5.20. The van der Waals surface area contributed by atoms with Crippen LogP contribution in [0.3, 0.4) is 0 Å². The number of nitrogens with zero attached hydrogens (tertiary/aromatic N) is 1. The minimum Gasteiger partial charge on any atom is -0.392 e. The lowest BCUT2D eigenvalue weighted by Gasteiger charge is -2.17. The van der Waals surface area contributed by atoms with Gasteiger partial charge in [0.05, 0.1) is 11.5 Å². The van der Waals surface area contributed by atoms with Crippen LogP contribution in [0.25, 0.3) is 0 Å². The van der Waals surface area contributed by atoms with Gasteiger partial charge < -0.3 is 5.11 Å². The van der Waals surface area contributed by atoms with E-state index in [0.29, 0.717) is 6.54 Å². The Labute approximate surface area is 101 Å². The molecule has 1 aromatic rings. The molecule has 0 aliphatic carbocycles. The number of benzene rings is 1. The fraction of sp³-hybridized carbons (Fsp3) is 0.455. The van der Waals surface area contributed by atoms with Crippen LogP contribution in [0, 0.1) is 12.7 Å². The Morgan fingerprint density at radius 2 is 2.00 bits per heavy atom. The summed E-state index contributed by atoms with van der Waals surface area (Å²) in [5.41, 5.74) is 0.318. The second-order valence-corrected chi connectivity index (χ2v) is 5.79. The molecule has 0 atom stereocenters. The van der Waals surface area contributed by atoms with Gasteiger partial charge in [0.1, 0.15) is 5.82 Å². The molecule has 0 aliphatic heterocycles. The van der Waals surface area contributed by atoms with E-state index in [4.69, 9.17) is 5.11 Å². The standard InChI is InChI=1S/C11H16FNO3S/c1-4-13(3)17(15,16)11-6-9(7-14)5-10(12)8(11)2/h5-6,14H,4,7H2,1-3H3. The smallest absolute Gasteiger partial charge is 0.243 e. The molecule has 0 aromatic heterocycles. The van der Waals surface area contributed by atoms with Crippen LogP contribution in [-0.2, 0) is 16.6 Å². The SMILES string of the molecule is CCN(C)S(=O)(=O)c1cc(CO)cc(F)c1C. The molecule has 1 aromatic carbocycles. The van der Waals surface area contributed by atoms with E-state index in [-0.39, 0.29) is 16.0 Å². The molecule has 1 rings (SSSR count). The van der Waals surface area contributed by atoms with Crippen molar-refractivity contribution in [1.82, 2.24) is 4.31 Å². The van der Waals surface area contributed by atoms with Crippen molar-refractivity contribution in [2.45, 2.75) is 25.3 Å². The summed E-state index contributed by atoms with van der Waals surface area (Å²) < 4.78 is 38.8. The van der Waals surface area contributed by atoms with Gasteiger partial charge in [0.15, 0.2) is 0 Å². The summed E-state index contributed by atoms with van der Waals surface area (Å²) in [5.74, 6) is -0.625. The van der Waals surface area contributed by atoms with E-state index >= 15 is 0 Å². The Balaban J connectivity index is 3.45. The van der Waals surface area contributed by atoms with Crippen molar-refractivity contribution in [2.24, 2.45) is 0 Å². The lowest BCUT2D eigenvalue weighted by molar-refractivity contribution is 0.280. The number of hydrogen-bond acceptors (Lipinski definition) is 3. The Hall–Kier alpha value is -0.980. The summed E-state index contributed by atoms with van der Waals surface area (Å²) in [6.07, 6.45) is 0. The van der Waals surface area contributed by atoms with Crippen molar-refractivity contribution < 1.29 is 17.9 Å². The molecule has 4 nitrogen and oxygen atoms in total. The summed E-state index contributed by atoms with van der Waals surface area (Å²) in [6, 6.07) is 2.44. The first kappa shape index (κ1) is 14.1. The van der Waals surface area contributed by atoms with Crippen LogP contribution in [0.5, 0.6) is 0 Å². The van der Waals surface area contributed by atoms with E-state index < -0.39 is 22.4 Å². The van der Waals surface area contributed by atoms with Gasteiger partial charge in [0.2, 0.25) is 10.0 Å². The molecule has 0 radical (unpaired) electrons. The second kappa shape index (κ2) is 5.12. The zero-order chi connectivity index (χ0) is 13.2. The summed E-state index contributed by atoms with van der Waals surface area (Å²) in [6.45, 7) is 3.01. The molecule has 0 unspecified atom stereocenters. The lowest BCUT2D eigenvalue weighted by Crippen LogP contribution is -2.27. The maximum absolute atomic E-state index is 13.5. The molecule has 96 valence electrons. The molecular formula is C11H16FNO3S. The molecule has 0 saturated carbocycles. The fourth-order valence-corrected chi connectivity index (χ4v) is 2.86. The number of hydrogen-bond donors (Lipinski definition) is 1. The Morgan fingerprint density at radius 1 is 1.41 bits per heavy atom. The van der Waals surface area contributed by atoms with Gasteiger partial charge in [-0.2, -0.15) is 0 Å². The Kier molecular flexibility index (Phi) is 4.24. The predicted octanol–water partition coefficient (Wildman–Crippen LogP) is 1.27. The zero-order valence-corrected chi connectivity index (χ0v) is 10.9. The fourth-order valence-electron chi connectivity index (χ4n) is 1.40. The first-order chi connectivity index (χ1) is 7.84. The van der Waals surface area contributed by atoms with Crippen molar-refractivity contribution in [1.29, 1.82) is 0 Å². The maximum atomic E-state index is 13.5. The average molecular weight is 261 g/mol. The highest BCUT2D eigenvalue weighted by Crippen LogP contribution is 2.23. The van der Waals surface area contributed by atoms with E-state index in [1.165, 1.54) is 20.0 Å². The molecule has 0 aliphatic rings. The monoisotopic (exact) mass is 261 g/mol. The molecule has 0 fully saturated rings. The quantitative estimate of drug-likeness (QED) is 0.888. The van der Waals surface area contributed by atoms with Crippen molar-refractivity contribution in [3.8, 4) is 0 Å². The highest BCUT2D eigenvalue weighted by molar-refractivity contribution is 7.89. The number of aliphatic hydroxyl groups excluding tert-OH is 1. The van der Waals surface area contributed by atoms with E-state index in [2.05, 4.69) is 0 Å². The Morgan fingerprint density at radius 3 is 2.47 bits per heavy atom. The van der Waals surface area contributed by atoms with Gasteiger partial charge >= 0.3 is 0 Å². The van der Waals surface area contributed by atoms with Crippen LogP contribution in [0.4, 0.5) is 4.39 Å². The van der Waals surface area contributed by atoms with E-state index in [0.717, 1.165) is 10.4 Å². The molecule has 17 heavy (non-hydrogen) atoms. The zero-order valence-electron chi connectivity index (χ0n) is 10.1. The Bertz CT molecular complexity index is 514. The summed E-state index contributed by atoms with van der Waals surface area (Å²) in [5, 5.41) is 8.96. The molecule has 0 spiro atoms. The van der Waals surface area contributed by atoms with Crippen LogP contribution in [0.1, 0.15) is 18.1 Å². The number of sulfonamides is 1. The normalized spacial score (nSPS) is 12.1. The van der Waals surface area contributed by atoms with Gasteiger partial charge in [0.25, 0.3) is 0 Å². The van der Waals surface area contributed by atoms with Crippen LogP contribution < -0.4 is 0 Å². The summed E-state index contributed by atoms with van der Waals surface area (Å²) >= 11 is 0. The van der Waals surface area contributed by atoms with Gasteiger partial charge in [-0.15, -0.1) is 0 Å². The van der Waals surface area contributed by atoms with Gasteiger partial charge in [-0.05, 0) is 24.6 Å². The lowest BCUT2D eigenvalue weighted by atomic mass is 10.1. The van der Waals surface area contributed by atoms with Crippen molar-refractivity contribution >= 4 is 10.0 Å². The molecule has 0 heterocycles. The molecule has 6 heteroatoms. The number of halogens is 1. The van der Waals surface area contributed by atoms with E-state index in [1.807, 2.05) is 0 Å². The van der Waals surface area contributed by atoms with Crippen LogP contribution in [0.2, 0.25) is 0 Å². The highest BCUT2D eigenvalue weighted by atomic mass is 32.2. The van der Waals surface area contributed by atoms with Crippen molar-refractivity contribution in [3.63, 3.8) is 0 Å². The second-order valence-electron chi connectivity index (χ2n) is 3.78. The van der Waals surface area contributed by atoms with Crippen LogP contribution >= 0.6 is 0 Å². The largest absolute Gasteiger partial charge is 0.392 e. The third kappa shape index (κ3) is 2.65. The summed E-state index contributed by atoms with van der Waals surface area (Å²) in [7, 11) is -2.26. The third-order valence-electron chi connectivity index (χ3n) is 2.67. The number of aliphatic hydroxyl groups is 1. The van der Waals surface area contributed by atoms with Gasteiger partial charge in [-0.25, -0.2) is 17.1 Å². The molecule has 0 saturated heterocycles. The molecule has 0 bridgehead atoms. The van der Waals surface area contributed by atoms with Crippen LogP contribution in [0.15, 0.2) is 17.0 Å². The molecule has 1 N–H and O–H groups in total. The predicted molar refractivity (Wildman–Crippen MR) is 62.5 cm³/mol. The van der Waals surface area contributed by atoms with Crippen molar-refractivity contribution in [3.05, 3.63) is 29.1 Å². The molecule has 0 amide bonds. The van der Waals surface area contributed by atoms with Crippen LogP contribution in [-0.4, -0.2) is 31.4 Å². The van der Waals surface area contributed by atoms with Crippen molar-refractivity contribution in [2.75, 3.05) is 13.6 Å². The number of rotatable bonds is 4. The molecular weight excluding hydrogens is 245 g/mol. The first-order valence-corrected chi connectivity index (χ1v) is 6.64. The van der Waals surface area contributed by atoms with E-state index in [9.17, 15) is 12.8 Å². The van der Waals surface area contributed by atoms with E-state index in [1.54, 1.807) is 6.92 Å². The van der Waals surface area contributed by atoms with Gasteiger partial charge in [-0.1, -0.05) is 6.92 Å². The minimum absolute atomic E-state index is 0.0718. The summed E-state index contributed by atoms with van der Waals surface area (Å²) in [4.78, 5) is -0.0918. The third-order valence-corrected chi connectivity index (χ3v) is 4.73. The average Bonchev–Trinajstić information content (AvgIpc) is 2.30. The highest BCUT2D eigenvalue weighted by Gasteiger charge is 2.23. The topological polar surface area (TPSA) is 57.6 Å². The van der Waals surface area contributed by atoms with Gasteiger partial charge in [-0.3, -0.25) is 0 Å². The maximum Gasteiger partial charge on any atom is 0.243 e. The minimum atomic E-state index is -3.69. The van der Waals surface area contributed by atoms with Gasteiger partial charge in [0, 0.05) is 19.2 Å².